The number of nitrogens with zero attached hydrogens (tertiary/aromatic N) is 3. The molecule has 0 radical (unpaired) electrons. The fourth-order valence-corrected chi connectivity index (χ4v) is 5.67. The first-order chi connectivity index (χ1) is 18.4. The Bertz CT molecular complexity index is 1220. The molecule has 2 aromatic rings. The van der Waals surface area contributed by atoms with Crippen LogP contribution in [0, 0.1) is 29.2 Å². The van der Waals surface area contributed by atoms with E-state index in [-0.39, 0.29) is 36.5 Å². The lowest BCUT2D eigenvalue weighted by Crippen LogP contribution is -2.44. The molecule has 0 N–H and O–H groups in total. The minimum atomic E-state index is -0.700. The topological polar surface area (TPSA) is 53.1 Å². The van der Waals surface area contributed by atoms with Crippen LogP contribution in [0.2, 0.25) is 0 Å². The van der Waals surface area contributed by atoms with Crippen LogP contribution in [0.25, 0.3) is 0 Å². The highest BCUT2D eigenvalue weighted by Gasteiger charge is 2.45. The third-order valence-corrected chi connectivity index (χ3v) is 7.92. The molecule has 0 bridgehead atoms. The van der Waals surface area contributed by atoms with Crippen LogP contribution in [0.15, 0.2) is 36.4 Å². The quantitative estimate of drug-likeness (QED) is 0.506. The third kappa shape index (κ3) is 6.37. The average Bonchev–Trinajstić information content (AvgIpc) is 3.21. The third-order valence-electron chi connectivity index (χ3n) is 7.92. The van der Waals surface area contributed by atoms with Gasteiger partial charge in [-0.15, -0.1) is 0 Å². The molecule has 2 heterocycles. The molecular formula is C29H35F4N3O3. The molecule has 2 saturated heterocycles. The Morgan fingerprint density at radius 3 is 2.21 bits per heavy atom. The highest BCUT2D eigenvalue weighted by atomic mass is 19.1. The standard InChI is InChI=1S/C29H35F4N3O3/c1-29(2,3)35-16-23(22-8-7-20(31)15-26(22)33)24(17-35)27(37)34-10-9-21(36(12-11-34)28(38)39-4)13-18-5-6-19(30)14-25(18)32/h5-8,14-15,21,23-24H,9-13,16-17H2,1-4H3/t21?,23?,24-/m1/s1. The second-order valence-electron chi connectivity index (χ2n) is 11.3. The number of carbonyl (C=O) groups is 2. The van der Waals surface area contributed by atoms with Crippen LogP contribution in [0.4, 0.5) is 22.4 Å². The minimum Gasteiger partial charge on any atom is -0.453 e. The first kappa shape index (κ1) is 28.9. The number of likely N-dealkylation sites (tertiary alicyclic amines) is 1. The second kappa shape index (κ2) is 11.5. The van der Waals surface area contributed by atoms with Crippen LogP contribution in [-0.4, -0.2) is 78.1 Å². The lowest BCUT2D eigenvalue weighted by Gasteiger charge is -2.32. The Hall–Kier alpha value is -3.14. The molecule has 2 unspecified atom stereocenters. The monoisotopic (exact) mass is 549 g/mol. The van der Waals surface area contributed by atoms with E-state index in [1.54, 1.807) is 4.90 Å². The van der Waals surface area contributed by atoms with Crippen LogP contribution in [0.3, 0.4) is 0 Å². The largest absolute Gasteiger partial charge is 0.453 e. The van der Waals surface area contributed by atoms with E-state index in [1.165, 1.54) is 36.3 Å². The van der Waals surface area contributed by atoms with E-state index in [0.717, 1.165) is 12.1 Å². The van der Waals surface area contributed by atoms with Gasteiger partial charge in [0.25, 0.3) is 0 Å². The van der Waals surface area contributed by atoms with Gasteiger partial charge >= 0.3 is 6.09 Å². The van der Waals surface area contributed by atoms with Gasteiger partial charge in [0.1, 0.15) is 23.3 Å². The molecule has 2 aliphatic rings. The summed E-state index contributed by atoms with van der Waals surface area (Å²) in [5, 5.41) is 0. The molecule has 0 aromatic heterocycles. The number of amides is 2. The van der Waals surface area contributed by atoms with Gasteiger partial charge in [0.15, 0.2) is 0 Å². The molecule has 3 atom stereocenters. The highest BCUT2D eigenvalue weighted by Crippen LogP contribution is 2.38. The van der Waals surface area contributed by atoms with Crippen molar-refractivity contribution in [2.24, 2.45) is 5.92 Å². The maximum absolute atomic E-state index is 14.9. The smallest absolute Gasteiger partial charge is 0.409 e. The van der Waals surface area contributed by atoms with E-state index in [2.05, 4.69) is 4.90 Å². The van der Waals surface area contributed by atoms with Crippen molar-refractivity contribution >= 4 is 12.0 Å². The van der Waals surface area contributed by atoms with Gasteiger partial charge in [-0.05, 0) is 56.9 Å². The van der Waals surface area contributed by atoms with Crippen molar-refractivity contribution in [3.8, 4) is 0 Å². The summed E-state index contributed by atoms with van der Waals surface area (Å²) in [6.07, 6.45) is -0.112. The first-order valence-electron chi connectivity index (χ1n) is 13.2. The molecule has 0 aliphatic carbocycles. The van der Waals surface area contributed by atoms with Crippen molar-refractivity contribution in [2.45, 2.75) is 51.1 Å². The van der Waals surface area contributed by atoms with E-state index in [9.17, 15) is 27.2 Å². The Morgan fingerprint density at radius 1 is 0.923 bits per heavy atom. The van der Waals surface area contributed by atoms with E-state index in [4.69, 9.17) is 4.74 Å². The predicted molar refractivity (Wildman–Crippen MR) is 138 cm³/mol. The SMILES string of the molecule is COC(=O)N1CCN(C(=O)[C@@H]2CN(C(C)(C)C)CC2c2ccc(F)cc2F)CCC1Cc1ccc(F)cc1F. The van der Waals surface area contributed by atoms with Crippen molar-refractivity contribution in [3.63, 3.8) is 0 Å². The van der Waals surface area contributed by atoms with Gasteiger partial charge in [-0.2, -0.15) is 0 Å². The number of hydrogen-bond acceptors (Lipinski definition) is 4. The van der Waals surface area contributed by atoms with Gasteiger partial charge < -0.3 is 14.5 Å². The molecule has 2 fully saturated rings. The fraction of sp³-hybridized carbons (Fsp3) is 0.517. The molecule has 2 aliphatic heterocycles. The summed E-state index contributed by atoms with van der Waals surface area (Å²) in [5.41, 5.74) is 0.296. The number of hydrogen-bond donors (Lipinski definition) is 0. The number of halogens is 4. The van der Waals surface area contributed by atoms with Crippen LogP contribution in [0.1, 0.15) is 44.2 Å². The van der Waals surface area contributed by atoms with Crippen molar-refractivity contribution in [2.75, 3.05) is 39.8 Å². The van der Waals surface area contributed by atoms with Gasteiger partial charge in [0.2, 0.25) is 5.91 Å². The maximum atomic E-state index is 14.9. The van der Waals surface area contributed by atoms with E-state index in [1.807, 2.05) is 20.8 Å². The number of methoxy groups -OCH3 is 1. The minimum absolute atomic E-state index is 0.133. The molecule has 4 rings (SSSR count). The van der Waals surface area contributed by atoms with Gasteiger partial charge in [0, 0.05) is 62.4 Å². The van der Waals surface area contributed by atoms with Crippen molar-refractivity contribution in [1.29, 1.82) is 0 Å². The normalized spacial score (nSPS) is 22.6. The Labute approximate surface area is 226 Å². The van der Waals surface area contributed by atoms with E-state index < -0.39 is 47.2 Å². The van der Waals surface area contributed by atoms with Crippen LogP contribution >= 0.6 is 0 Å². The predicted octanol–water partition coefficient (Wildman–Crippen LogP) is 4.97. The molecule has 212 valence electrons. The maximum Gasteiger partial charge on any atom is 0.409 e. The highest BCUT2D eigenvalue weighted by molar-refractivity contribution is 5.81. The van der Waals surface area contributed by atoms with Gasteiger partial charge in [-0.3, -0.25) is 9.69 Å². The van der Waals surface area contributed by atoms with Crippen LogP contribution in [0.5, 0.6) is 0 Å². The van der Waals surface area contributed by atoms with Gasteiger partial charge in [-0.1, -0.05) is 12.1 Å². The van der Waals surface area contributed by atoms with E-state index >= 15 is 0 Å². The molecular weight excluding hydrogens is 514 g/mol. The lowest BCUT2D eigenvalue weighted by molar-refractivity contribution is -0.135. The number of carbonyl (C=O) groups excluding carboxylic acids is 2. The molecule has 10 heteroatoms. The first-order valence-corrected chi connectivity index (χ1v) is 13.2. The Morgan fingerprint density at radius 2 is 1.59 bits per heavy atom. The number of benzene rings is 2. The summed E-state index contributed by atoms with van der Waals surface area (Å²) >= 11 is 0. The Balaban J connectivity index is 1.58. The van der Waals surface area contributed by atoms with E-state index in [0.29, 0.717) is 31.6 Å². The van der Waals surface area contributed by atoms with Gasteiger partial charge in [0.05, 0.1) is 13.0 Å². The molecule has 39 heavy (non-hydrogen) atoms. The summed E-state index contributed by atoms with van der Waals surface area (Å²) in [7, 11) is 1.26. The Kier molecular flexibility index (Phi) is 8.54. The van der Waals surface area contributed by atoms with Gasteiger partial charge in [-0.25, -0.2) is 22.4 Å². The van der Waals surface area contributed by atoms with Crippen LogP contribution < -0.4 is 0 Å². The lowest BCUT2D eigenvalue weighted by atomic mass is 9.87. The summed E-state index contributed by atoms with van der Waals surface area (Å²) in [5.74, 6) is -3.95. The number of rotatable bonds is 4. The summed E-state index contributed by atoms with van der Waals surface area (Å²) in [6, 6.07) is 6.32. The zero-order chi connectivity index (χ0) is 28.5. The second-order valence-corrected chi connectivity index (χ2v) is 11.3. The molecule has 0 spiro atoms. The molecule has 2 amide bonds. The zero-order valence-corrected chi connectivity index (χ0v) is 22.7. The number of ether oxygens (including phenoxy) is 1. The fourth-order valence-electron chi connectivity index (χ4n) is 5.67. The summed E-state index contributed by atoms with van der Waals surface area (Å²) in [4.78, 5) is 31.8. The molecule has 2 aromatic carbocycles. The van der Waals surface area contributed by atoms with Crippen molar-refractivity contribution < 1.29 is 31.9 Å². The zero-order valence-electron chi connectivity index (χ0n) is 22.7. The van der Waals surface area contributed by atoms with Crippen molar-refractivity contribution in [3.05, 3.63) is 70.8 Å². The summed E-state index contributed by atoms with van der Waals surface area (Å²) < 4.78 is 61.3. The summed E-state index contributed by atoms with van der Waals surface area (Å²) in [6.45, 7) is 7.61. The van der Waals surface area contributed by atoms with Crippen LogP contribution in [-0.2, 0) is 16.0 Å². The molecule has 6 nitrogen and oxygen atoms in total. The van der Waals surface area contributed by atoms with Crippen molar-refractivity contribution in [1.82, 2.24) is 14.7 Å². The molecule has 0 saturated carbocycles. The average molecular weight is 550 g/mol.